The standard InChI is InChI=1S/C12H14Cl3NO3S/c13-8-5-10(14)12(11(15)6-8)19-3-2-16-9-1-4-20(17,18)7-9/h5-6,9,16H,1-4,7H2. The number of benzene rings is 1. The van der Waals surface area contributed by atoms with Crippen molar-refractivity contribution in [3.63, 3.8) is 0 Å². The highest BCUT2D eigenvalue weighted by molar-refractivity contribution is 7.91. The van der Waals surface area contributed by atoms with Crippen molar-refractivity contribution in [2.24, 2.45) is 0 Å². The first-order valence-electron chi connectivity index (χ1n) is 6.08. The third-order valence-electron chi connectivity index (χ3n) is 2.98. The highest BCUT2D eigenvalue weighted by Gasteiger charge is 2.27. The Kier molecular flexibility index (Phi) is 5.42. The van der Waals surface area contributed by atoms with Gasteiger partial charge in [-0.15, -0.1) is 0 Å². The number of halogens is 3. The van der Waals surface area contributed by atoms with Gasteiger partial charge >= 0.3 is 0 Å². The average molecular weight is 359 g/mol. The Hall–Kier alpha value is -0.200. The van der Waals surface area contributed by atoms with Gasteiger partial charge in [-0.05, 0) is 18.6 Å². The number of rotatable bonds is 5. The van der Waals surface area contributed by atoms with E-state index < -0.39 is 9.84 Å². The summed E-state index contributed by atoms with van der Waals surface area (Å²) in [6.07, 6.45) is 0.644. The first kappa shape index (κ1) is 16.2. The first-order valence-corrected chi connectivity index (χ1v) is 9.04. The van der Waals surface area contributed by atoms with E-state index in [1.54, 1.807) is 12.1 Å². The zero-order valence-electron chi connectivity index (χ0n) is 10.5. The Morgan fingerprint density at radius 2 is 1.90 bits per heavy atom. The molecule has 20 heavy (non-hydrogen) atoms. The summed E-state index contributed by atoms with van der Waals surface area (Å²) >= 11 is 17.8. The van der Waals surface area contributed by atoms with Gasteiger partial charge in [0.1, 0.15) is 6.61 Å². The molecule has 0 aliphatic carbocycles. The van der Waals surface area contributed by atoms with Gasteiger partial charge in [-0.2, -0.15) is 0 Å². The molecule has 1 atom stereocenters. The molecule has 0 bridgehead atoms. The largest absolute Gasteiger partial charge is 0.489 e. The van der Waals surface area contributed by atoms with Crippen LogP contribution < -0.4 is 10.1 Å². The maximum Gasteiger partial charge on any atom is 0.156 e. The predicted molar refractivity (Wildman–Crippen MR) is 82.0 cm³/mol. The Balaban J connectivity index is 1.80. The van der Waals surface area contributed by atoms with Crippen molar-refractivity contribution in [2.75, 3.05) is 24.7 Å². The summed E-state index contributed by atoms with van der Waals surface area (Å²) in [5.41, 5.74) is 0. The van der Waals surface area contributed by atoms with Crippen molar-refractivity contribution in [1.29, 1.82) is 0 Å². The van der Waals surface area contributed by atoms with Gasteiger partial charge in [-0.1, -0.05) is 34.8 Å². The lowest BCUT2D eigenvalue weighted by Crippen LogP contribution is -2.33. The monoisotopic (exact) mass is 357 g/mol. The second-order valence-electron chi connectivity index (χ2n) is 4.60. The minimum Gasteiger partial charge on any atom is -0.489 e. The first-order chi connectivity index (χ1) is 9.37. The van der Waals surface area contributed by atoms with E-state index in [1.807, 2.05) is 0 Å². The van der Waals surface area contributed by atoms with Crippen molar-refractivity contribution in [3.8, 4) is 5.75 Å². The molecule has 1 aliphatic rings. The Morgan fingerprint density at radius 3 is 2.45 bits per heavy atom. The van der Waals surface area contributed by atoms with E-state index >= 15 is 0 Å². The highest BCUT2D eigenvalue weighted by Crippen LogP contribution is 2.35. The van der Waals surface area contributed by atoms with Crippen molar-refractivity contribution in [1.82, 2.24) is 5.32 Å². The molecule has 2 rings (SSSR count). The molecular formula is C12H14Cl3NO3S. The van der Waals surface area contributed by atoms with Gasteiger partial charge in [0.25, 0.3) is 0 Å². The van der Waals surface area contributed by atoms with E-state index in [0.29, 0.717) is 40.4 Å². The lowest BCUT2D eigenvalue weighted by Gasteiger charge is -2.13. The maximum absolute atomic E-state index is 11.3. The van der Waals surface area contributed by atoms with Crippen molar-refractivity contribution < 1.29 is 13.2 Å². The van der Waals surface area contributed by atoms with Crippen molar-refractivity contribution in [3.05, 3.63) is 27.2 Å². The Bertz CT molecular complexity index is 569. The zero-order valence-corrected chi connectivity index (χ0v) is 13.6. The molecule has 1 heterocycles. The average Bonchev–Trinajstić information content (AvgIpc) is 2.66. The summed E-state index contributed by atoms with van der Waals surface area (Å²) in [4.78, 5) is 0. The second kappa shape index (κ2) is 6.71. The summed E-state index contributed by atoms with van der Waals surface area (Å²) in [5.74, 6) is 0.828. The second-order valence-corrected chi connectivity index (χ2v) is 8.08. The molecule has 1 aromatic rings. The van der Waals surface area contributed by atoms with Crippen LogP contribution in [0.5, 0.6) is 5.75 Å². The van der Waals surface area contributed by atoms with Crippen LogP contribution >= 0.6 is 34.8 Å². The molecule has 4 nitrogen and oxygen atoms in total. The van der Waals surface area contributed by atoms with E-state index in [2.05, 4.69) is 5.32 Å². The summed E-state index contributed by atoms with van der Waals surface area (Å²) in [6, 6.07) is 3.11. The van der Waals surface area contributed by atoms with Crippen LogP contribution in [0.4, 0.5) is 0 Å². The molecule has 1 unspecified atom stereocenters. The van der Waals surface area contributed by atoms with Gasteiger partial charge < -0.3 is 10.1 Å². The van der Waals surface area contributed by atoms with E-state index in [9.17, 15) is 8.42 Å². The third kappa shape index (κ3) is 4.40. The molecule has 8 heteroatoms. The molecule has 1 N–H and O–H groups in total. The Labute approximate surface area is 133 Å². The van der Waals surface area contributed by atoms with Crippen LogP contribution in [0.2, 0.25) is 15.1 Å². The third-order valence-corrected chi connectivity index (χ3v) is 5.52. The fraction of sp³-hybridized carbons (Fsp3) is 0.500. The fourth-order valence-electron chi connectivity index (χ4n) is 2.04. The van der Waals surface area contributed by atoms with E-state index in [4.69, 9.17) is 39.5 Å². The quantitative estimate of drug-likeness (QED) is 0.822. The van der Waals surface area contributed by atoms with Crippen LogP contribution in [0.3, 0.4) is 0 Å². The summed E-state index contributed by atoms with van der Waals surface area (Å²) < 4.78 is 28.1. The molecule has 112 valence electrons. The molecule has 1 saturated heterocycles. The molecule has 1 aromatic carbocycles. The number of sulfone groups is 1. The molecule has 0 radical (unpaired) electrons. The molecular weight excluding hydrogens is 345 g/mol. The van der Waals surface area contributed by atoms with Crippen molar-refractivity contribution in [2.45, 2.75) is 12.5 Å². The summed E-state index contributed by atoms with van der Waals surface area (Å²) in [7, 11) is -2.86. The van der Waals surface area contributed by atoms with Crippen LogP contribution in [-0.4, -0.2) is 39.1 Å². The highest BCUT2D eigenvalue weighted by atomic mass is 35.5. The SMILES string of the molecule is O=S1(=O)CCC(NCCOc2c(Cl)cc(Cl)cc2Cl)C1. The summed E-state index contributed by atoms with van der Waals surface area (Å²) in [6.45, 7) is 0.868. The van der Waals surface area contributed by atoms with E-state index in [1.165, 1.54) is 0 Å². The van der Waals surface area contributed by atoms with Gasteiger partial charge in [-0.3, -0.25) is 0 Å². The summed E-state index contributed by atoms with van der Waals surface area (Å²) in [5, 5.41) is 4.29. The molecule has 0 spiro atoms. The lowest BCUT2D eigenvalue weighted by atomic mass is 10.3. The topological polar surface area (TPSA) is 55.4 Å². The van der Waals surface area contributed by atoms with Crippen LogP contribution in [0, 0.1) is 0 Å². The van der Waals surface area contributed by atoms with Gasteiger partial charge in [0.15, 0.2) is 15.6 Å². The normalized spacial score (nSPS) is 21.1. The molecule has 0 saturated carbocycles. The van der Waals surface area contributed by atoms with Crippen molar-refractivity contribution >= 4 is 44.6 Å². The van der Waals surface area contributed by atoms with Crippen LogP contribution in [0.1, 0.15) is 6.42 Å². The number of nitrogens with one attached hydrogen (secondary N) is 1. The van der Waals surface area contributed by atoms with Gasteiger partial charge in [0, 0.05) is 17.6 Å². The predicted octanol–water partition coefficient (Wildman–Crippen LogP) is 2.80. The van der Waals surface area contributed by atoms with Crippen LogP contribution in [0.25, 0.3) is 0 Å². The zero-order chi connectivity index (χ0) is 14.8. The molecule has 1 fully saturated rings. The lowest BCUT2D eigenvalue weighted by molar-refractivity contribution is 0.308. The smallest absolute Gasteiger partial charge is 0.156 e. The molecule has 0 amide bonds. The van der Waals surface area contributed by atoms with Crippen LogP contribution in [0.15, 0.2) is 12.1 Å². The number of ether oxygens (including phenoxy) is 1. The van der Waals surface area contributed by atoms with Gasteiger partial charge in [0.05, 0.1) is 21.6 Å². The van der Waals surface area contributed by atoms with E-state index in [0.717, 1.165) is 0 Å². The minimum atomic E-state index is -2.86. The van der Waals surface area contributed by atoms with Gasteiger partial charge in [0.2, 0.25) is 0 Å². The fourth-order valence-corrected chi connectivity index (χ4v) is 4.67. The number of hydrogen-bond donors (Lipinski definition) is 1. The molecule has 0 aromatic heterocycles. The minimum absolute atomic E-state index is 0.000221. The van der Waals surface area contributed by atoms with Gasteiger partial charge in [-0.25, -0.2) is 8.42 Å². The van der Waals surface area contributed by atoms with Crippen LogP contribution in [-0.2, 0) is 9.84 Å². The molecule has 1 aliphatic heterocycles. The Morgan fingerprint density at radius 1 is 1.25 bits per heavy atom. The number of hydrogen-bond acceptors (Lipinski definition) is 4. The van der Waals surface area contributed by atoms with E-state index in [-0.39, 0.29) is 17.5 Å². The maximum atomic E-state index is 11.3.